The zero-order valence-electron chi connectivity index (χ0n) is 9.82. The zero-order valence-corrected chi connectivity index (χ0v) is 9.82. The zero-order chi connectivity index (χ0) is 11.3. The molecule has 0 aliphatic heterocycles. The molecule has 0 spiro atoms. The van der Waals surface area contributed by atoms with E-state index in [0.29, 0.717) is 6.04 Å². The van der Waals surface area contributed by atoms with Gasteiger partial charge in [0, 0.05) is 32.1 Å². The molecule has 2 atom stereocenters. The lowest BCUT2D eigenvalue weighted by Crippen LogP contribution is -2.36. The number of methoxy groups -OCH3 is 1. The quantitative estimate of drug-likeness (QED) is 0.794. The van der Waals surface area contributed by atoms with E-state index in [0.717, 1.165) is 17.9 Å². The van der Waals surface area contributed by atoms with Crippen molar-refractivity contribution in [1.29, 1.82) is 0 Å². The molecule has 4 heteroatoms. The summed E-state index contributed by atoms with van der Waals surface area (Å²) in [6, 6.07) is 0.304. The Morgan fingerprint density at radius 1 is 1.33 bits per heavy atom. The fraction of sp³-hybridized carbons (Fsp3) is 0.636. The highest BCUT2D eigenvalue weighted by Crippen LogP contribution is 1.99. The number of rotatable bonds is 5. The highest BCUT2D eigenvalue weighted by molar-refractivity contribution is 5.00. The van der Waals surface area contributed by atoms with Gasteiger partial charge in [0.25, 0.3) is 0 Å². The lowest BCUT2D eigenvalue weighted by Gasteiger charge is -2.19. The maximum absolute atomic E-state index is 5.22. The summed E-state index contributed by atoms with van der Waals surface area (Å²) in [5.41, 5.74) is 1.90. The summed E-state index contributed by atoms with van der Waals surface area (Å²) in [6.45, 7) is 6.79. The summed E-state index contributed by atoms with van der Waals surface area (Å²) in [6.07, 6.45) is 3.77. The summed E-state index contributed by atoms with van der Waals surface area (Å²) in [4.78, 5) is 8.46. The van der Waals surface area contributed by atoms with E-state index in [1.165, 1.54) is 0 Å². The van der Waals surface area contributed by atoms with Crippen LogP contribution in [-0.2, 0) is 11.3 Å². The van der Waals surface area contributed by atoms with Gasteiger partial charge in [-0.3, -0.25) is 9.97 Å². The fourth-order valence-electron chi connectivity index (χ4n) is 1.15. The summed E-state index contributed by atoms with van der Waals surface area (Å²) in [7, 11) is 1.72. The predicted octanol–water partition coefficient (Wildman–Crippen LogP) is 1.30. The molecule has 0 fully saturated rings. The third-order valence-electron chi connectivity index (χ3n) is 2.52. The Hall–Kier alpha value is -1.00. The molecule has 0 aromatic carbocycles. The minimum Gasteiger partial charge on any atom is -0.380 e. The molecule has 0 aliphatic carbocycles. The minimum absolute atomic E-state index is 0.198. The molecule has 0 saturated heterocycles. The van der Waals surface area contributed by atoms with Gasteiger partial charge in [-0.05, 0) is 20.8 Å². The van der Waals surface area contributed by atoms with Crippen LogP contribution >= 0.6 is 0 Å². The van der Waals surface area contributed by atoms with Crippen LogP contribution in [0.5, 0.6) is 0 Å². The second-order valence-corrected chi connectivity index (χ2v) is 3.76. The summed E-state index contributed by atoms with van der Waals surface area (Å²) >= 11 is 0. The molecule has 84 valence electrons. The first-order valence-corrected chi connectivity index (χ1v) is 5.17. The van der Waals surface area contributed by atoms with Crippen molar-refractivity contribution in [3.8, 4) is 0 Å². The average Bonchev–Trinajstić information content (AvgIpc) is 2.26. The van der Waals surface area contributed by atoms with Gasteiger partial charge >= 0.3 is 0 Å². The van der Waals surface area contributed by atoms with E-state index in [1.807, 2.05) is 13.8 Å². The first-order valence-electron chi connectivity index (χ1n) is 5.17. The summed E-state index contributed by atoms with van der Waals surface area (Å²) in [5, 5.41) is 3.34. The molecule has 1 aromatic heterocycles. The lowest BCUT2D eigenvalue weighted by molar-refractivity contribution is 0.0881. The van der Waals surface area contributed by atoms with E-state index >= 15 is 0 Å². The van der Waals surface area contributed by atoms with Gasteiger partial charge in [-0.2, -0.15) is 0 Å². The molecule has 0 radical (unpaired) electrons. The van der Waals surface area contributed by atoms with Crippen molar-refractivity contribution in [3.05, 3.63) is 23.8 Å². The highest BCUT2D eigenvalue weighted by Gasteiger charge is 2.10. The number of hydrogen-bond donors (Lipinski definition) is 1. The summed E-state index contributed by atoms with van der Waals surface area (Å²) in [5.74, 6) is 0. The number of nitrogens with one attached hydrogen (secondary N) is 1. The van der Waals surface area contributed by atoms with Crippen LogP contribution in [-0.4, -0.2) is 29.2 Å². The Bertz CT molecular complexity index is 286. The smallest absolute Gasteiger partial charge is 0.0724 e. The van der Waals surface area contributed by atoms with E-state index in [-0.39, 0.29) is 6.10 Å². The van der Waals surface area contributed by atoms with Crippen molar-refractivity contribution in [2.75, 3.05) is 7.11 Å². The molecular formula is C11H19N3O. The van der Waals surface area contributed by atoms with Crippen LogP contribution in [0.4, 0.5) is 0 Å². The van der Waals surface area contributed by atoms with Crippen LogP contribution in [0, 0.1) is 6.92 Å². The van der Waals surface area contributed by atoms with E-state index in [9.17, 15) is 0 Å². The van der Waals surface area contributed by atoms with Gasteiger partial charge in [0.15, 0.2) is 0 Å². The first kappa shape index (κ1) is 12.1. The van der Waals surface area contributed by atoms with Crippen LogP contribution in [0.25, 0.3) is 0 Å². The van der Waals surface area contributed by atoms with Gasteiger partial charge in [-0.1, -0.05) is 0 Å². The van der Waals surface area contributed by atoms with Gasteiger partial charge in [0.1, 0.15) is 0 Å². The topological polar surface area (TPSA) is 47.0 Å². The van der Waals surface area contributed by atoms with Crippen LogP contribution in [0.15, 0.2) is 12.4 Å². The molecule has 1 N–H and O–H groups in total. The standard InChI is InChI=1S/C11H19N3O/c1-8-5-14-11(6-12-8)7-13-9(2)10(3)15-4/h5-6,9-10,13H,7H2,1-4H3. The molecule has 4 nitrogen and oxygen atoms in total. The molecule has 2 unspecified atom stereocenters. The molecule has 0 bridgehead atoms. The van der Waals surface area contributed by atoms with Gasteiger partial charge in [0.05, 0.1) is 17.5 Å². The second-order valence-electron chi connectivity index (χ2n) is 3.76. The molecule has 15 heavy (non-hydrogen) atoms. The maximum atomic E-state index is 5.22. The van der Waals surface area contributed by atoms with Crippen molar-refractivity contribution >= 4 is 0 Å². The largest absolute Gasteiger partial charge is 0.380 e. The minimum atomic E-state index is 0.198. The number of aromatic nitrogens is 2. The van der Waals surface area contributed by atoms with Crippen molar-refractivity contribution < 1.29 is 4.74 Å². The van der Waals surface area contributed by atoms with Gasteiger partial charge in [0.2, 0.25) is 0 Å². The number of aryl methyl sites for hydroxylation is 1. The van der Waals surface area contributed by atoms with Gasteiger partial charge in [-0.15, -0.1) is 0 Å². The van der Waals surface area contributed by atoms with E-state index in [1.54, 1.807) is 19.5 Å². The number of hydrogen-bond acceptors (Lipinski definition) is 4. The van der Waals surface area contributed by atoms with E-state index < -0.39 is 0 Å². The monoisotopic (exact) mass is 209 g/mol. The molecule has 0 saturated carbocycles. The van der Waals surface area contributed by atoms with Crippen molar-refractivity contribution in [2.24, 2.45) is 0 Å². The van der Waals surface area contributed by atoms with Crippen LogP contribution in [0.3, 0.4) is 0 Å². The Kier molecular flexibility index (Phi) is 4.65. The third kappa shape index (κ3) is 3.93. The summed E-state index contributed by atoms with van der Waals surface area (Å²) < 4.78 is 5.22. The maximum Gasteiger partial charge on any atom is 0.0724 e. The SMILES string of the molecule is COC(C)C(C)NCc1cnc(C)cn1. The highest BCUT2D eigenvalue weighted by atomic mass is 16.5. The second kappa shape index (κ2) is 5.78. The Labute approximate surface area is 91.1 Å². The van der Waals surface area contributed by atoms with E-state index in [4.69, 9.17) is 4.74 Å². The lowest BCUT2D eigenvalue weighted by atomic mass is 10.2. The number of ether oxygens (including phenoxy) is 1. The van der Waals surface area contributed by atoms with Gasteiger partial charge < -0.3 is 10.1 Å². The van der Waals surface area contributed by atoms with Crippen molar-refractivity contribution in [2.45, 2.75) is 39.5 Å². The molecule has 1 heterocycles. The molecular weight excluding hydrogens is 190 g/mol. The molecule has 1 rings (SSSR count). The predicted molar refractivity (Wildman–Crippen MR) is 59.5 cm³/mol. The molecule has 1 aromatic rings. The number of nitrogens with zero attached hydrogens (tertiary/aromatic N) is 2. The van der Waals surface area contributed by atoms with Crippen molar-refractivity contribution in [1.82, 2.24) is 15.3 Å². The van der Waals surface area contributed by atoms with Crippen LogP contribution in [0.1, 0.15) is 25.2 Å². The molecule has 0 aliphatic rings. The molecule has 0 amide bonds. The normalized spacial score (nSPS) is 14.9. The van der Waals surface area contributed by atoms with Gasteiger partial charge in [-0.25, -0.2) is 0 Å². The van der Waals surface area contributed by atoms with Crippen LogP contribution in [0.2, 0.25) is 0 Å². The fourth-order valence-corrected chi connectivity index (χ4v) is 1.15. The average molecular weight is 209 g/mol. The Balaban J connectivity index is 2.40. The van der Waals surface area contributed by atoms with Crippen molar-refractivity contribution in [3.63, 3.8) is 0 Å². The third-order valence-corrected chi connectivity index (χ3v) is 2.52. The Morgan fingerprint density at radius 3 is 2.60 bits per heavy atom. The Morgan fingerprint density at radius 2 is 2.07 bits per heavy atom. The van der Waals surface area contributed by atoms with E-state index in [2.05, 4.69) is 22.2 Å². The van der Waals surface area contributed by atoms with Crippen LogP contribution < -0.4 is 5.32 Å². The first-order chi connectivity index (χ1) is 7.13.